The quantitative estimate of drug-likeness (QED) is 0.383. The van der Waals surface area contributed by atoms with E-state index in [0.29, 0.717) is 17.4 Å². The van der Waals surface area contributed by atoms with Crippen molar-refractivity contribution in [2.24, 2.45) is 5.10 Å². The van der Waals surface area contributed by atoms with E-state index in [1.54, 1.807) is 18.5 Å². The van der Waals surface area contributed by atoms with Crippen LogP contribution < -0.4 is 10.7 Å². The number of fused-ring (bicyclic) bond motifs is 1. The van der Waals surface area contributed by atoms with Gasteiger partial charge in [0.05, 0.1) is 23.4 Å². The molecule has 0 saturated carbocycles. The van der Waals surface area contributed by atoms with E-state index < -0.39 is 0 Å². The molecule has 0 bridgehead atoms. The minimum absolute atomic E-state index is 0.435. The van der Waals surface area contributed by atoms with E-state index in [4.69, 9.17) is 12.2 Å². The fourth-order valence-electron chi connectivity index (χ4n) is 1.40. The molecule has 1 aromatic heterocycles. The molecule has 0 spiro atoms. The van der Waals surface area contributed by atoms with Crippen molar-refractivity contribution in [2.75, 3.05) is 6.54 Å². The standard InChI is InChI=1S/C13H13N5S/c1-2-7-14-13(19)18-16-9-10-8-15-11-5-3-4-6-12(11)17-10/h2-6,8-9H,1,7H2,(H2,14,18,19)/b16-9-. The molecule has 2 aromatic rings. The topological polar surface area (TPSA) is 62.2 Å². The molecule has 2 rings (SSSR count). The lowest BCUT2D eigenvalue weighted by molar-refractivity contribution is 0.941. The predicted molar refractivity (Wildman–Crippen MR) is 81.1 cm³/mol. The van der Waals surface area contributed by atoms with Crippen LogP contribution in [0.4, 0.5) is 0 Å². The zero-order chi connectivity index (χ0) is 13.5. The van der Waals surface area contributed by atoms with E-state index >= 15 is 0 Å². The number of benzene rings is 1. The van der Waals surface area contributed by atoms with E-state index in [0.717, 1.165) is 11.0 Å². The van der Waals surface area contributed by atoms with Crippen molar-refractivity contribution < 1.29 is 0 Å². The van der Waals surface area contributed by atoms with Gasteiger partial charge in [-0.25, -0.2) is 4.98 Å². The number of nitrogens with one attached hydrogen (secondary N) is 2. The van der Waals surface area contributed by atoms with Gasteiger partial charge >= 0.3 is 0 Å². The highest BCUT2D eigenvalue weighted by molar-refractivity contribution is 7.80. The Morgan fingerprint density at radius 3 is 2.95 bits per heavy atom. The molecule has 0 aliphatic carbocycles. The SMILES string of the molecule is C=CCNC(=S)N/N=C\c1cnc2ccccc2n1. The van der Waals surface area contributed by atoms with Crippen LogP contribution >= 0.6 is 12.2 Å². The minimum Gasteiger partial charge on any atom is -0.358 e. The van der Waals surface area contributed by atoms with Gasteiger partial charge in [0.25, 0.3) is 0 Å². The van der Waals surface area contributed by atoms with E-state index in [2.05, 4.69) is 32.4 Å². The average Bonchev–Trinajstić information content (AvgIpc) is 2.45. The van der Waals surface area contributed by atoms with Crippen molar-refractivity contribution in [3.05, 3.63) is 48.8 Å². The first-order valence-electron chi connectivity index (χ1n) is 5.69. The Labute approximate surface area is 116 Å². The van der Waals surface area contributed by atoms with Gasteiger partial charge < -0.3 is 5.32 Å². The van der Waals surface area contributed by atoms with Crippen molar-refractivity contribution in [1.82, 2.24) is 20.7 Å². The third kappa shape index (κ3) is 3.82. The van der Waals surface area contributed by atoms with Gasteiger partial charge in [-0.1, -0.05) is 18.2 Å². The summed E-state index contributed by atoms with van der Waals surface area (Å²) in [6, 6.07) is 7.67. The van der Waals surface area contributed by atoms with Crippen LogP contribution in [0.5, 0.6) is 0 Å². The largest absolute Gasteiger partial charge is 0.358 e. The van der Waals surface area contributed by atoms with Gasteiger partial charge in [0, 0.05) is 6.54 Å². The Hall–Kier alpha value is -2.34. The minimum atomic E-state index is 0.435. The molecule has 0 saturated heterocycles. The van der Waals surface area contributed by atoms with Crippen LogP contribution in [-0.2, 0) is 0 Å². The van der Waals surface area contributed by atoms with Crippen LogP contribution in [0.2, 0.25) is 0 Å². The van der Waals surface area contributed by atoms with Crippen LogP contribution in [0.15, 0.2) is 48.2 Å². The highest BCUT2D eigenvalue weighted by atomic mass is 32.1. The molecule has 2 N–H and O–H groups in total. The number of aromatic nitrogens is 2. The molecule has 6 heteroatoms. The van der Waals surface area contributed by atoms with Crippen molar-refractivity contribution >= 4 is 34.6 Å². The summed E-state index contributed by atoms with van der Waals surface area (Å²) in [7, 11) is 0. The summed E-state index contributed by atoms with van der Waals surface area (Å²) < 4.78 is 0. The van der Waals surface area contributed by atoms with Crippen LogP contribution in [-0.4, -0.2) is 27.8 Å². The van der Waals surface area contributed by atoms with Crippen LogP contribution in [0.3, 0.4) is 0 Å². The summed E-state index contributed by atoms with van der Waals surface area (Å²) >= 11 is 4.99. The number of thiocarbonyl (C=S) groups is 1. The Morgan fingerprint density at radius 1 is 1.37 bits per heavy atom. The second-order valence-electron chi connectivity index (χ2n) is 3.65. The van der Waals surface area contributed by atoms with E-state index in [-0.39, 0.29) is 0 Å². The third-order valence-electron chi connectivity index (χ3n) is 2.24. The first-order valence-corrected chi connectivity index (χ1v) is 6.10. The fraction of sp³-hybridized carbons (Fsp3) is 0.0769. The molecule has 0 amide bonds. The number of hydrazone groups is 1. The second-order valence-corrected chi connectivity index (χ2v) is 4.06. The van der Waals surface area contributed by atoms with Crippen molar-refractivity contribution in [3.63, 3.8) is 0 Å². The van der Waals surface area contributed by atoms with Crippen molar-refractivity contribution in [3.8, 4) is 0 Å². The molecule has 0 aliphatic heterocycles. The molecule has 5 nitrogen and oxygen atoms in total. The van der Waals surface area contributed by atoms with Crippen LogP contribution in [0.1, 0.15) is 5.69 Å². The molecular formula is C13H13N5S. The maximum Gasteiger partial charge on any atom is 0.187 e. The Balaban J connectivity index is 2.00. The molecule has 96 valence electrons. The van der Waals surface area contributed by atoms with E-state index in [9.17, 15) is 0 Å². The zero-order valence-corrected chi connectivity index (χ0v) is 11.0. The Kier molecular flexibility index (Phi) is 4.52. The van der Waals surface area contributed by atoms with Crippen molar-refractivity contribution in [2.45, 2.75) is 0 Å². The molecule has 0 radical (unpaired) electrons. The molecule has 0 unspecified atom stereocenters. The van der Waals surface area contributed by atoms with Gasteiger partial charge in [-0.2, -0.15) is 5.10 Å². The molecule has 1 aromatic carbocycles. The normalized spacial score (nSPS) is 10.5. The molecule has 19 heavy (non-hydrogen) atoms. The van der Waals surface area contributed by atoms with Gasteiger partial charge in [-0.15, -0.1) is 6.58 Å². The number of para-hydroxylation sites is 2. The monoisotopic (exact) mass is 271 g/mol. The maximum atomic E-state index is 4.99. The molecule has 0 atom stereocenters. The van der Waals surface area contributed by atoms with Crippen LogP contribution in [0.25, 0.3) is 11.0 Å². The molecular weight excluding hydrogens is 258 g/mol. The second kappa shape index (κ2) is 6.55. The average molecular weight is 271 g/mol. The Morgan fingerprint density at radius 2 is 2.16 bits per heavy atom. The van der Waals surface area contributed by atoms with E-state index in [1.807, 2.05) is 24.3 Å². The third-order valence-corrected chi connectivity index (χ3v) is 2.47. The summed E-state index contributed by atoms with van der Waals surface area (Å²) in [6.07, 6.45) is 4.95. The lowest BCUT2D eigenvalue weighted by atomic mass is 10.3. The summed E-state index contributed by atoms with van der Waals surface area (Å²) in [4.78, 5) is 8.69. The number of nitrogens with zero attached hydrogens (tertiary/aromatic N) is 3. The van der Waals surface area contributed by atoms with Gasteiger partial charge in [0.15, 0.2) is 5.11 Å². The predicted octanol–water partition coefficient (Wildman–Crippen LogP) is 1.61. The molecule has 0 aliphatic rings. The lowest BCUT2D eigenvalue weighted by Gasteiger charge is -2.03. The summed E-state index contributed by atoms with van der Waals surface area (Å²) in [5.74, 6) is 0. The Bertz CT molecular complexity index is 623. The summed E-state index contributed by atoms with van der Waals surface area (Å²) in [5, 5.41) is 7.32. The number of hydrogen-bond acceptors (Lipinski definition) is 4. The van der Waals surface area contributed by atoms with Gasteiger partial charge in [0.1, 0.15) is 5.69 Å². The number of hydrogen-bond donors (Lipinski definition) is 2. The van der Waals surface area contributed by atoms with Crippen LogP contribution in [0, 0.1) is 0 Å². The smallest absolute Gasteiger partial charge is 0.187 e. The fourth-order valence-corrected chi connectivity index (χ4v) is 1.53. The zero-order valence-electron chi connectivity index (χ0n) is 10.2. The summed E-state index contributed by atoms with van der Waals surface area (Å²) in [5.41, 5.74) is 5.04. The van der Waals surface area contributed by atoms with Gasteiger partial charge in [-0.3, -0.25) is 10.4 Å². The lowest BCUT2D eigenvalue weighted by Crippen LogP contribution is -2.31. The number of rotatable bonds is 4. The van der Waals surface area contributed by atoms with Crippen molar-refractivity contribution in [1.29, 1.82) is 0 Å². The van der Waals surface area contributed by atoms with Gasteiger partial charge in [-0.05, 0) is 24.4 Å². The van der Waals surface area contributed by atoms with Gasteiger partial charge in [0.2, 0.25) is 0 Å². The highest BCUT2D eigenvalue weighted by Gasteiger charge is 1.96. The first-order chi connectivity index (χ1) is 9.29. The molecule has 1 heterocycles. The summed E-state index contributed by atoms with van der Waals surface area (Å²) in [6.45, 7) is 4.18. The molecule has 0 fully saturated rings. The van der Waals surface area contributed by atoms with E-state index in [1.165, 1.54) is 0 Å². The maximum absolute atomic E-state index is 4.99. The highest BCUT2D eigenvalue weighted by Crippen LogP contribution is 2.07. The first kappa shape index (κ1) is 13.1.